The van der Waals surface area contributed by atoms with E-state index in [0.717, 1.165) is 30.8 Å². The normalized spacial score (nSPS) is 33.6. The number of piperidine rings is 1. The van der Waals surface area contributed by atoms with E-state index in [9.17, 15) is 0 Å². The van der Waals surface area contributed by atoms with Crippen LogP contribution in [0.5, 0.6) is 0 Å². The highest BCUT2D eigenvalue weighted by molar-refractivity contribution is 6.03. The second-order valence-electron chi connectivity index (χ2n) is 6.67. The second-order valence-corrected chi connectivity index (χ2v) is 6.67. The Hall–Kier alpha value is -1.55. The first kappa shape index (κ1) is 12.2. The van der Waals surface area contributed by atoms with E-state index in [1.54, 1.807) is 0 Å². The molecule has 0 spiro atoms. The number of hydrogen-bond donors (Lipinski definition) is 1. The number of amidine groups is 1. The highest BCUT2D eigenvalue weighted by Gasteiger charge is 2.59. The maximum atomic E-state index is 5.71. The van der Waals surface area contributed by atoms with Crippen molar-refractivity contribution in [2.45, 2.75) is 26.5 Å². The Morgan fingerprint density at radius 1 is 1.20 bits per heavy atom. The fourth-order valence-electron chi connectivity index (χ4n) is 3.66. The van der Waals surface area contributed by atoms with Crippen LogP contribution in [0.25, 0.3) is 0 Å². The van der Waals surface area contributed by atoms with Gasteiger partial charge in [0.25, 0.3) is 0 Å². The molecule has 0 aromatic heterocycles. The van der Waals surface area contributed by atoms with E-state index >= 15 is 0 Å². The lowest BCUT2D eigenvalue weighted by Gasteiger charge is -2.31. The summed E-state index contributed by atoms with van der Waals surface area (Å²) < 4.78 is 0. The third-order valence-electron chi connectivity index (χ3n) is 4.81. The predicted octanol–water partition coefficient (Wildman–Crippen LogP) is 2.35. The summed E-state index contributed by atoms with van der Waals surface area (Å²) in [5.74, 6) is 3.19. The molecule has 0 amide bonds. The van der Waals surface area contributed by atoms with Crippen molar-refractivity contribution in [2.24, 2.45) is 22.9 Å². The maximum absolute atomic E-state index is 5.71. The van der Waals surface area contributed by atoms with Crippen molar-refractivity contribution >= 4 is 11.5 Å². The molecule has 4 rings (SSSR count). The molecule has 1 aromatic rings. The number of nitrogens with zero attached hydrogens (tertiary/aromatic N) is 2. The van der Waals surface area contributed by atoms with Crippen LogP contribution in [0.2, 0.25) is 0 Å². The van der Waals surface area contributed by atoms with Crippen molar-refractivity contribution in [3.8, 4) is 0 Å². The molecule has 0 radical (unpaired) electrons. The lowest BCUT2D eigenvalue weighted by molar-refractivity contribution is 0.0138. The molecule has 2 unspecified atom stereocenters. The van der Waals surface area contributed by atoms with Gasteiger partial charge in [-0.05, 0) is 57.8 Å². The van der Waals surface area contributed by atoms with Gasteiger partial charge in [0.05, 0.1) is 0 Å². The van der Waals surface area contributed by atoms with Crippen molar-refractivity contribution in [2.75, 3.05) is 18.0 Å². The summed E-state index contributed by atoms with van der Waals surface area (Å²) in [5, 5.41) is 7.87. The Bertz CT molecular complexity index is 554. The molecular formula is C16H21N3O. The Balaban J connectivity index is 1.67. The Morgan fingerprint density at radius 3 is 2.50 bits per heavy atom. The number of anilines is 1. The summed E-state index contributed by atoms with van der Waals surface area (Å²) in [6.45, 7) is 8.52. The third kappa shape index (κ3) is 1.67. The van der Waals surface area contributed by atoms with Crippen molar-refractivity contribution < 1.29 is 4.84 Å². The van der Waals surface area contributed by atoms with Crippen LogP contribution in [-0.2, 0) is 4.84 Å². The predicted molar refractivity (Wildman–Crippen MR) is 79.6 cm³/mol. The van der Waals surface area contributed by atoms with Crippen molar-refractivity contribution in [3.63, 3.8) is 0 Å². The van der Waals surface area contributed by atoms with Crippen molar-refractivity contribution in [1.82, 2.24) is 5.32 Å². The van der Waals surface area contributed by atoms with Gasteiger partial charge >= 0.3 is 0 Å². The van der Waals surface area contributed by atoms with E-state index in [0.29, 0.717) is 5.92 Å². The summed E-state index contributed by atoms with van der Waals surface area (Å²) in [5.41, 5.74) is 2.06. The van der Waals surface area contributed by atoms with Crippen molar-refractivity contribution in [1.29, 1.82) is 0 Å². The zero-order valence-electron chi connectivity index (χ0n) is 12.3. The lowest BCUT2D eigenvalue weighted by Crippen LogP contribution is -2.45. The van der Waals surface area contributed by atoms with Gasteiger partial charge in [0.1, 0.15) is 0 Å². The van der Waals surface area contributed by atoms with Crippen LogP contribution in [0, 0.1) is 24.7 Å². The molecule has 1 saturated heterocycles. The Labute approximate surface area is 119 Å². The van der Waals surface area contributed by atoms with Gasteiger partial charge in [-0.2, -0.15) is 0 Å². The minimum atomic E-state index is -0.394. The highest BCUT2D eigenvalue weighted by Crippen LogP contribution is 2.52. The molecule has 3 aliphatic rings. The number of fused-ring (bicyclic) bond motifs is 1. The molecule has 1 N–H and O–H groups in total. The SMILES string of the molecule is Cc1ccc(N2C(C3C4CNCC43)=NOC2(C)C)cc1. The topological polar surface area (TPSA) is 36.9 Å². The van der Waals surface area contributed by atoms with Gasteiger partial charge in [0.15, 0.2) is 5.84 Å². The van der Waals surface area contributed by atoms with Gasteiger partial charge in [0.2, 0.25) is 5.72 Å². The fraction of sp³-hybridized carbons (Fsp3) is 0.562. The van der Waals surface area contributed by atoms with Crippen LogP contribution in [0.3, 0.4) is 0 Å². The fourth-order valence-corrected chi connectivity index (χ4v) is 3.66. The van der Waals surface area contributed by atoms with E-state index in [-0.39, 0.29) is 0 Å². The summed E-state index contributed by atoms with van der Waals surface area (Å²) in [4.78, 5) is 7.98. The van der Waals surface area contributed by atoms with E-state index < -0.39 is 5.72 Å². The minimum absolute atomic E-state index is 0.394. The molecular weight excluding hydrogens is 250 g/mol. The van der Waals surface area contributed by atoms with E-state index in [1.165, 1.54) is 11.3 Å². The van der Waals surface area contributed by atoms with Gasteiger partial charge in [-0.15, -0.1) is 0 Å². The number of oxime groups is 1. The van der Waals surface area contributed by atoms with Crippen molar-refractivity contribution in [3.05, 3.63) is 29.8 Å². The minimum Gasteiger partial charge on any atom is -0.366 e. The summed E-state index contributed by atoms with van der Waals surface area (Å²) >= 11 is 0. The highest BCUT2D eigenvalue weighted by atomic mass is 16.7. The molecule has 1 saturated carbocycles. The smallest absolute Gasteiger partial charge is 0.209 e. The first-order valence-corrected chi connectivity index (χ1v) is 7.41. The monoisotopic (exact) mass is 271 g/mol. The molecule has 2 atom stereocenters. The molecule has 0 bridgehead atoms. The molecule has 1 aromatic carbocycles. The van der Waals surface area contributed by atoms with Crippen LogP contribution >= 0.6 is 0 Å². The summed E-state index contributed by atoms with van der Waals surface area (Å²) in [6, 6.07) is 8.63. The quantitative estimate of drug-likeness (QED) is 0.897. The molecule has 1 aliphatic carbocycles. The van der Waals surface area contributed by atoms with E-state index in [2.05, 4.69) is 60.4 Å². The molecule has 2 aliphatic heterocycles. The van der Waals surface area contributed by atoms with E-state index in [4.69, 9.17) is 4.84 Å². The van der Waals surface area contributed by atoms with Gasteiger partial charge < -0.3 is 10.2 Å². The van der Waals surface area contributed by atoms with Crippen LogP contribution < -0.4 is 10.2 Å². The number of nitrogens with one attached hydrogen (secondary N) is 1. The first-order valence-electron chi connectivity index (χ1n) is 7.41. The number of hydrogen-bond acceptors (Lipinski definition) is 4. The van der Waals surface area contributed by atoms with Gasteiger partial charge in [-0.1, -0.05) is 22.9 Å². The van der Waals surface area contributed by atoms with Gasteiger partial charge in [0, 0.05) is 11.6 Å². The van der Waals surface area contributed by atoms with Crippen LogP contribution in [0.4, 0.5) is 5.69 Å². The molecule has 106 valence electrons. The molecule has 4 heteroatoms. The molecule has 2 fully saturated rings. The zero-order valence-corrected chi connectivity index (χ0v) is 12.3. The molecule has 20 heavy (non-hydrogen) atoms. The summed E-state index contributed by atoms with van der Waals surface area (Å²) in [7, 11) is 0. The van der Waals surface area contributed by atoms with E-state index in [1.807, 2.05) is 0 Å². The maximum Gasteiger partial charge on any atom is 0.209 e. The largest absolute Gasteiger partial charge is 0.366 e. The Kier molecular flexibility index (Phi) is 2.43. The number of aryl methyl sites for hydroxylation is 1. The Morgan fingerprint density at radius 2 is 1.85 bits per heavy atom. The lowest BCUT2D eigenvalue weighted by atomic mass is 10.1. The zero-order chi connectivity index (χ0) is 13.9. The summed E-state index contributed by atoms with van der Waals surface area (Å²) in [6.07, 6.45) is 0. The molecule has 2 heterocycles. The second kappa shape index (κ2) is 3.98. The van der Waals surface area contributed by atoms with Gasteiger partial charge in [-0.25, -0.2) is 0 Å². The average molecular weight is 271 g/mol. The standard InChI is InChI=1S/C16H21N3O/c1-10-4-6-11(7-5-10)19-15(18-20-16(19,2)3)14-12-8-17-9-13(12)14/h4-7,12-14,17H,8-9H2,1-3H3. The number of rotatable bonds is 2. The van der Waals surface area contributed by atoms with Crippen LogP contribution in [0.1, 0.15) is 19.4 Å². The first-order chi connectivity index (χ1) is 9.58. The third-order valence-corrected chi connectivity index (χ3v) is 4.81. The van der Waals surface area contributed by atoms with Crippen LogP contribution in [-0.4, -0.2) is 24.7 Å². The van der Waals surface area contributed by atoms with Gasteiger partial charge in [-0.3, -0.25) is 4.90 Å². The number of benzene rings is 1. The molecule has 4 nitrogen and oxygen atoms in total. The average Bonchev–Trinajstić information content (AvgIpc) is 2.77. The van der Waals surface area contributed by atoms with Crippen LogP contribution in [0.15, 0.2) is 29.4 Å².